The number of nitrogens with zero attached hydrogens (tertiary/aromatic N) is 2. The van der Waals surface area contributed by atoms with E-state index < -0.39 is 10.0 Å². The van der Waals surface area contributed by atoms with Crippen LogP contribution in [0.4, 0.5) is 0 Å². The SMILES string of the molecule is O=C(c1ccc2ccccc2c1)N1CCN(S(=O)(=O)c2ccccc2Cl)CC1. The molecule has 1 saturated heterocycles. The molecule has 144 valence electrons. The number of fused-ring (bicyclic) bond motifs is 1. The number of hydrogen-bond donors (Lipinski definition) is 0. The first kappa shape index (κ1) is 18.9. The highest BCUT2D eigenvalue weighted by molar-refractivity contribution is 7.89. The normalized spacial score (nSPS) is 15.7. The molecule has 4 rings (SSSR count). The number of sulfonamides is 1. The van der Waals surface area contributed by atoms with Crippen LogP contribution in [0.2, 0.25) is 5.02 Å². The van der Waals surface area contributed by atoms with Gasteiger partial charge < -0.3 is 4.90 Å². The van der Waals surface area contributed by atoms with E-state index in [0.29, 0.717) is 18.7 Å². The number of halogens is 1. The molecular weight excluding hydrogens is 396 g/mol. The van der Waals surface area contributed by atoms with Gasteiger partial charge in [-0.05, 0) is 35.0 Å². The number of rotatable bonds is 3. The quantitative estimate of drug-likeness (QED) is 0.657. The monoisotopic (exact) mass is 414 g/mol. The van der Waals surface area contributed by atoms with Crippen LogP contribution in [0.25, 0.3) is 10.8 Å². The van der Waals surface area contributed by atoms with E-state index in [4.69, 9.17) is 11.6 Å². The van der Waals surface area contributed by atoms with E-state index >= 15 is 0 Å². The fourth-order valence-electron chi connectivity index (χ4n) is 3.43. The molecule has 1 aliphatic rings. The van der Waals surface area contributed by atoms with Crippen molar-refractivity contribution >= 4 is 38.3 Å². The second-order valence-corrected chi connectivity index (χ2v) is 9.00. The first-order valence-corrected chi connectivity index (χ1v) is 10.8. The van der Waals surface area contributed by atoms with Crippen molar-refractivity contribution in [2.75, 3.05) is 26.2 Å². The van der Waals surface area contributed by atoms with E-state index in [1.54, 1.807) is 23.1 Å². The lowest BCUT2D eigenvalue weighted by molar-refractivity contribution is 0.0698. The third kappa shape index (κ3) is 3.51. The summed E-state index contributed by atoms with van der Waals surface area (Å²) < 4.78 is 27.1. The molecular formula is C21H19ClN2O3S. The summed E-state index contributed by atoms with van der Waals surface area (Å²) in [5, 5.41) is 2.29. The van der Waals surface area contributed by atoms with E-state index in [-0.39, 0.29) is 28.9 Å². The molecule has 0 bridgehead atoms. The molecule has 0 unspecified atom stereocenters. The van der Waals surface area contributed by atoms with Gasteiger partial charge in [0.1, 0.15) is 4.90 Å². The maximum absolute atomic E-state index is 12.9. The van der Waals surface area contributed by atoms with Crippen molar-refractivity contribution in [3.05, 3.63) is 77.3 Å². The van der Waals surface area contributed by atoms with E-state index in [1.807, 2.05) is 42.5 Å². The number of amides is 1. The van der Waals surface area contributed by atoms with Gasteiger partial charge in [-0.3, -0.25) is 4.79 Å². The maximum atomic E-state index is 12.9. The number of hydrogen-bond acceptors (Lipinski definition) is 3. The Bertz CT molecular complexity index is 1140. The van der Waals surface area contributed by atoms with Crippen LogP contribution in [-0.2, 0) is 10.0 Å². The van der Waals surface area contributed by atoms with E-state index in [0.717, 1.165) is 10.8 Å². The highest BCUT2D eigenvalue weighted by atomic mass is 35.5. The standard InChI is InChI=1S/C21H19ClN2O3S/c22-19-7-3-4-8-20(19)28(26,27)24-13-11-23(12-14-24)21(25)18-10-9-16-5-1-2-6-17(16)15-18/h1-10,15H,11-14H2. The summed E-state index contributed by atoms with van der Waals surface area (Å²) in [6.07, 6.45) is 0. The Labute approximate surface area is 169 Å². The summed E-state index contributed by atoms with van der Waals surface area (Å²) in [6, 6.07) is 19.9. The number of benzene rings is 3. The van der Waals surface area contributed by atoms with Gasteiger partial charge in [-0.25, -0.2) is 8.42 Å². The number of piperazine rings is 1. The van der Waals surface area contributed by atoms with Crippen molar-refractivity contribution in [1.82, 2.24) is 9.21 Å². The van der Waals surface area contributed by atoms with Crippen molar-refractivity contribution in [2.45, 2.75) is 4.90 Å². The van der Waals surface area contributed by atoms with Gasteiger partial charge in [-0.1, -0.05) is 54.1 Å². The number of carbonyl (C=O) groups excluding carboxylic acids is 1. The summed E-state index contributed by atoms with van der Waals surface area (Å²) in [6.45, 7) is 1.17. The zero-order valence-corrected chi connectivity index (χ0v) is 16.7. The van der Waals surface area contributed by atoms with Gasteiger partial charge in [0.25, 0.3) is 5.91 Å². The maximum Gasteiger partial charge on any atom is 0.253 e. The Morgan fingerprint density at radius 1 is 0.821 bits per heavy atom. The lowest BCUT2D eigenvalue weighted by Gasteiger charge is -2.34. The van der Waals surface area contributed by atoms with Crippen LogP contribution in [0.3, 0.4) is 0 Å². The Morgan fingerprint density at radius 2 is 1.46 bits per heavy atom. The fourth-order valence-corrected chi connectivity index (χ4v) is 5.34. The second kappa shape index (κ2) is 7.54. The van der Waals surface area contributed by atoms with Crippen LogP contribution in [0.1, 0.15) is 10.4 Å². The third-order valence-corrected chi connectivity index (χ3v) is 7.38. The zero-order chi connectivity index (χ0) is 19.7. The van der Waals surface area contributed by atoms with Gasteiger partial charge in [0.2, 0.25) is 10.0 Å². The van der Waals surface area contributed by atoms with Crippen LogP contribution < -0.4 is 0 Å². The topological polar surface area (TPSA) is 57.7 Å². The largest absolute Gasteiger partial charge is 0.336 e. The van der Waals surface area contributed by atoms with Gasteiger partial charge in [-0.2, -0.15) is 4.31 Å². The van der Waals surface area contributed by atoms with Crippen LogP contribution in [0.5, 0.6) is 0 Å². The Balaban J connectivity index is 1.49. The fraction of sp³-hybridized carbons (Fsp3) is 0.190. The van der Waals surface area contributed by atoms with Gasteiger partial charge in [0.05, 0.1) is 5.02 Å². The first-order chi connectivity index (χ1) is 13.5. The molecule has 1 aliphatic heterocycles. The van der Waals surface area contributed by atoms with Crippen LogP contribution in [0, 0.1) is 0 Å². The van der Waals surface area contributed by atoms with Crippen molar-refractivity contribution in [1.29, 1.82) is 0 Å². The molecule has 3 aromatic rings. The molecule has 1 amide bonds. The predicted octanol–water partition coefficient (Wildman–Crippen LogP) is 3.64. The molecule has 0 saturated carbocycles. The van der Waals surface area contributed by atoms with Gasteiger partial charge in [0.15, 0.2) is 0 Å². The molecule has 5 nitrogen and oxygen atoms in total. The molecule has 28 heavy (non-hydrogen) atoms. The summed E-state index contributed by atoms with van der Waals surface area (Å²) in [5.41, 5.74) is 0.612. The highest BCUT2D eigenvalue weighted by Gasteiger charge is 2.31. The number of carbonyl (C=O) groups is 1. The van der Waals surface area contributed by atoms with Crippen molar-refractivity contribution in [2.24, 2.45) is 0 Å². The average molecular weight is 415 g/mol. The van der Waals surface area contributed by atoms with Crippen molar-refractivity contribution < 1.29 is 13.2 Å². The Morgan fingerprint density at radius 3 is 2.18 bits per heavy atom. The van der Waals surface area contributed by atoms with Crippen LogP contribution >= 0.6 is 11.6 Å². The minimum absolute atomic E-state index is 0.0828. The van der Waals surface area contributed by atoms with Crippen LogP contribution in [-0.4, -0.2) is 49.7 Å². The first-order valence-electron chi connectivity index (χ1n) is 8.99. The molecule has 0 aliphatic carbocycles. The van der Waals surface area contributed by atoms with E-state index in [2.05, 4.69) is 0 Å². The third-order valence-electron chi connectivity index (χ3n) is 4.98. The molecule has 0 N–H and O–H groups in total. The molecule has 0 aromatic heterocycles. The smallest absolute Gasteiger partial charge is 0.253 e. The van der Waals surface area contributed by atoms with Gasteiger partial charge in [-0.15, -0.1) is 0 Å². The lowest BCUT2D eigenvalue weighted by Crippen LogP contribution is -2.50. The van der Waals surface area contributed by atoms with Gasteiger partial charge in [0, 0.05) is 31.7 Å². The summed E-state index contributed by atoms with van der Waals surface area (Å²) >= 11 is 6.06. The highest BCUT2D eigenvalue weighted by Crippen LogP contribution is 2.25. The summed E-state index contributed by atoms with van der Waals surface area (Å²) in [7, 11) is -3.67. The second-order valence-electron chi connectivity index (χ2n) is 6.69. The molecule has 0 radical (unpaired) electrons. The van der Waals surface area contributed by atoms with Crippen LogP contribution in [0.15, 0.2) is 71.6 Å². The minimum Gasteiger partial charge on any atom is -0.336 e. The molecule has 0 spiro atoms. The van der Waals surface area contributed by atoms with Crippen molar-refractivity contribution in [3.8, 4) is 0 Å². The van der Waals surface area contributed by atoms with E-state index in [9.17, 15) is 13.2 Å². The average Bonchev–Trinajstić information content (AvgIpc) is 2.73. The lowest BCUT2D eigenvalue weighted by atomic mass is 10.1. The minimum atomic E-state index is -3.67. The van der Waals surface area contributed by atoms with Crippen molar-refractivity contribution in [3.63, 3.8) is 0 Å². The molecule has 0 atom stereocenters. The zero-order valence-electron chi connectivity index (χ0n) is 15.1. The molecule has 1 heterocycles. The molecule has 7 heteroatoms. The summed E-state index contributed by atoms with van der Waals surface area (Å²) in [5.74, 6) is -0.0828. The molecule has 1 fully saturated rings. The predicted molar refractivity (Wildman–Crippen MR) is 110 cm³/mol. The molecule has 3 aromatic carbocycles. The van der Waals surface area contributed by atoms with E-state index in [1.165, 1.54) is 10.4 Å². The Hall–Kier alpha value is -2.41. The summed E-state index contributed by atoms with van der Waals surface area (Å²) in [4.78, 5) is 14.7. The Kier molecular flexibility index (Phi) is 5.10. The van der Waals surface area contributed by atoms with Gasteiger partial charge >= 0.3 is 0 Å².